The second-order valence-electron chi connectivity index (χ2n) is 6.33. The number of nitrogens with zero attached hydrogens (tertiary/aromatic N) is 1. The number of likely N-dealkylation sites (N-methyl/N-ethyl adjacent to an activating group) is 1. The summed E-state index contributed by atoms with van der Waals surface area (Å²) in [5.74, 6) is -0.222. The Kier molecular flexibility index (Phi) is 8.14. The third-order valence-corrected chi connectivity index (χ3v) is 4.75. The summed E-state index contributed by atoms with van der Waals surface area (Å²) in [4.78, 5) is 14.1. The standard InChI is InChI=1S/C22H29NO4/c1-4-23(5-2)14-15-27-21-18(12-9-13-20(21)26-3)16-19(22(24)25)17-10-7-6-8-11-17/h6-13,19H,4-5,14-16H2,1-3H3,(H,24,25). The van der Waals surface area contributed by atoms with Gasteiger partial charge in [-0.25, -0.2) is 0 Å². The molecular formula is C22H29NO4. The Balaban J connectivity index is 2.23. The number of benzene rings is 2. The molecule has 0 fully saturated rings. The third-order valence-electron chi connectivity index (χ3n) is 4.75. The molecule has 2 rings (SSSR count). The average molecular weight is 371 g/mol. The number of carboxylic acids is 1. The number of aliphatic carboxylic acids is 1. The lowest BCUT2D eigenvalue weighted by molar-refractivity contribution is -0.138. The molecule has 0 aliphatic carbocycles. The first-order valence-electron chi connectivity index (χ1n) is 9.39. The van der Waals surface area contributed by atoms with Crippen molar-refractivity contribution in [2.24, 2.45) is 0 Å². The van der Waals surface area contributed by atoms with E-state index in [4.69, 9.17) is 9.47 Å². The fourth-order valence-electron chi connectivity index (χ4n) is 3.12. The lowest BCUT2D eigenvalue weighted by Crippen LogP contribution is -2.28. The topological polar surface area (TPSA) is 59.0 Å². The zero-order chi connectivity index (χ0) is 19.6. The van der Waals surface area contributed by atoms with Crippen LogP contribution < -0.4 is 9.47 Å². The Morgan fingerprint density at radius 2 is 1.78 bits per heavy atom. The average Bonchev–Trinajstić information content (AvgIpc) is 2.70. The van der Waals surface area contributed by atoms with Gasteiger partial charge in [0.05, 0.1) is 13.0 Å². The SMILES string of the molecule is CCN(CC)CCOc1c(CC(C(=O)O)c2ccccc2)cccc1OC. The summed E-state index contributed by atoms with van der Waals surface area (Å²) in [6, 6.07) is 14.9. The molecular weight excluding hydrogens is 342 g/mol. The number of hydrogen-bond donors (Lipinski definition) is 1. The first kappa shape index (κ1) is 20.8. The van der Waals surface area contributed by atoms with Crippen molar-refractivity contribution in [3.05, 3.63) is 59.7 Å². The summed E-state index contributed by atoms with van der Waals surface area (Å²) in [5, 5.41) is 9.74. The first-order chi connectivity index (χ1) is 13.1. The van der Waals surface area contributed by atoms with Gasteiger partial charge in [0.2, 0.25) is 0 Å². The van der Waals surface area contributed by atoms with Gasteiger partial charge in [-0.1, -0.05) is 56.3 Å². The van der Waals surface area contributed by atoms with E-state index in [9.17, 15) is 9.90 Å². The van der Waals surface area contributed by atoms with E-state index in [1.165, 1.54) is 0 Å². The van der Waals surface area contributed by atoms with E-state index in [2.05, 4.69) is 18.7 Å². The summed E-state index contributed by atoms with van der Waals surface area (Å²) in [7, 11) is 1.60. The molecule has 0 aromatic heterocycles. The van der Waals surface area contributed by atoms with Crippen molar-refractivity contribution < 1.29 is 19.4 Å². The Labute approximate surface area is 161 Å². The fourth-order valence-corrected chi connectivity index (χ4v) is 3.12. The minimum atomic E-state index is -0.849. The second kappa shape index (κ2) is 10.6. The predicted octanol–water partition coefficient (Wildman–Crippen LogP) is 3.83. The second-order valence-corrected chi connectivity index (χ2v) is 6.33. The van der Waals surface area contributed by atoms with Crippen LogP contribution in [0.2, 0.25) is 0 Å². The molecule has 0 saturated heterocycles. The minimum Gasteiger partial charge on any atom is -0.493 e. The van der Waals surface area contributed by atoms with Crippen molar-refractivity contribution in [2.45, 2.75) is 26.2 Å². The zero-order valence-electron chi connectivity index (χ0n) is 16.4. The van der Waals surface area contributed by atoms with Crippen LogP contribution in [0.1, 0.15) is 30.9 Å². The van der Waals surface area contributed by atoms with Gasteiger partial charge in [-0.15, -0.1) is 0 Å². The van der Waals surface area contributed by atoms with Crippen LogP contribution in [0, 0.1) is 0 Å². The third kappa shape index (κ3) is 5.73. The molecule has 27 heavy (non-hydrogen) atoms. The van der Waals surface area contributed by atoms with Crippen LogP contribution in [0.5, 0.6) is 11.5 Å². The summed E-state index contributed by atoms with van der Waals surface area (Å²) in [5.41, 5.74) is 1.62. The van der Waals surface area contributed by atoms with E-state index < -0.39 is 11.9 Å². The molecule has 5 nitrogen and oxygen atoms in total. The van der Waals surface area contributed by atoms with Crippen LogP contribution in [-0.2, 0) is 11.2 Å². The number of rotatable bonds is 11. The van der Waals surface area contributed by atoms with Crippen molar-refractivity contribution >= 4 is 5.97 Å². The fraction of sp³-hybridized carbons (Fsp3) is 0.409. The van der Waals surface area contributed by atoms with Crippen molar-refractivity contribution in [3.8, 4) is 11.5 Å². The molecule has 0 radical (unpaired) electrons. The monoisotopic (exact) mass is 371 g/mol. The Morgan fingerprint density at radius 3 is 2.37 bits per heavy atom. The molecule has 0 bridgehead atoms. The van der Waals surface area contributed by atoms with E-state index >= 15 is 0 Å². The van der Waals surface area contributed by atoms with E-state index in [-0.39, 0.29) is 0 Å². The van der Waals surface area contributed by atoms with Gasteiger partial charge in [0, 0.05) is 6.54 Å². The molecule has 2 aromatic rings. The van der Waals surface area contributed by atoms with Crippen LogP contribution in [0.25, 0.3) is 0 Å². The maximum absolute atomic E-state index is 11.9. The van der Waals surface area contributed by atoms with E-state index in [0.717, 1.165) is 30.8 Å². The van der Waals surface area contributed by atoms with Crippen molar-refractivity contribution in [1.29, 1.82) is 0 Å². The minimum absolute atomic E-state index is 0.344. The quantitative estimate of drug-likeness (QED) is 0.651. The molecule has 0 aliphatic heterocycles. The summed E-state index contributed by atoms with van der Waals surface area (Å²) >= 11 is 0. The van der Waals surface area contributed by atoms with E-state index in [1.807, 2.05) is 48.5 Å². The summed E-state index contributed by atoms with van der Waals surface area (Å²) in [6.45, 7) is 7.51. The molecule has 1 N–H and O–H groups in total. The van der Waals surface area contributed by atoms with E-state index in [1.54, 1.807) is 7.11 Å². The summed E-state index contributed by atoms with van der Waals surface area (Å²) < 4.78 is 11.5. The normalized spacial score (nSPS) is 12.0. The highest BCUT2D eigenvalue weighted by Crippen LogP contribution is 2.34. The van der Waals surface area contributed by atoms with Gasteiger partial charge < -0.3 is 19.5 Å². The molecule has 1 unspecified atom stereocenters. The molecule has 0 spiro atoms. The first-order valence-corrected chi connectivity index (χ1v) is 9.39. The van der Waals surface area contributed by atoms with Gasteiger partial charge in [-0.05, 0) is 36.7 Å². The summed E-state index contributed by atoms with van der Waals surface area (Å²) in [6.07, 6.45) is 0.344. The van der Waals surface area contributed by atoms with E-state index in [0.29, 0.717) is 24.5 Å². The molecule has 0 aliphatic rings. The van der Waals surface area contributed by atoms with Crippen molar-refractivity contribution in [2.75, 3.05) is 33.4 Å². The van der Waals surface area contributed by atoms with Gasteiger partial charge >= 0.3 is 5.97 Å². The molecule has 5 heteroatoms. The molecule has 2 aromatic carbocycles. The highest BCUT2D eigenvalue weighted by molar-refractivity contribution is 5.76. The molecule has 0 heterocycles. The molecule has 0 saturated carbocycles. The largest absolute Gasteiger partial charge is 0.493 e. The van der Waals surface area contributed by atoms with Crippen LogP contribution >= 0.6 is 0 Å². The Bertz CT molecular complexity index is 714. The highest BCUT2D eigenvalue weighted by atomic mass is 16.5. The Hall–Kier alpha value is -2.53. The highest BCUT2D eigenvalue weighted by Gasteiger charge is 2.23. The number of methoxy groups -OCH3 is 1. The van der Waals surface area contributed by atoms with Crippen LogP contribution in [0.15, 0.2) is 48.5 Å². The zero-order valence-corrected chi connectivity index (χ0v) is 16.4. The number of hydrogen-bond acceptors (Lipinski definition) is 4. The van der Waals surface area contributed by atoms with Gasteiger partial charge in [0.25, 0.3) is 0 Å². The number of carboxylic acid groups (broad SMARTS) is 1. The van der Waals surface area contributed by atoms with Gasteiger partial charge in [0.15, 0.2) is 11.5 Å². The predicted molar refractivity (Wildman–Crippen MR) is 107 cm³/mol. The molecule has 1 atom stereocenters. The van der Waals surface area contributed by atoms with Crippen molar-refractivity contribution in [3.63, 3.8) is 0 Å². The molecule has 146 valence electrons. The van der Waals surface area contributed by atoms with Crippen LogP contribution in [-0.4, -0.2) is 49.3 Å². The van der Waals surface area contributed by atoms with Crippen LogP contribution in [0.4, 0.5) is 0 Å². The lowest BCUT2D eigenvalue weighted by atomic mass is 9.91. The van der Waals surface area contributed by atoms with Gasteiger partial charge in [-0.3, -0.25) is 4.79 Å². The Morgan fingerprint density at radius 1 is 1.07 bits per heavy atom. The lowest BCUT2D eigenvalue weighted by Gasteiger charge is -2.21. The maximum Gasteiger partial charge on any atom is 0.311 e. The number of ether oxygens (including phenoxy) is 2. The molecule has 0 amide bonds. The number of para-hydroxylation sites is 1. The smallest absolute Gasteiger partial charge is 0.311 e. The van der Waals surface area contributed by atoms with Gasteiger partial charge in [0.1, 0.15) is 6.61 Å². The van der Waals surface area contributed by atoms with Crippen LogP contribution in [0.3, 0.4) is 0 Å². The van der Waals surface area contributed by atoms with Gasteiger partial charge in [-0.2, -0.15) is 0 Å². The number of carbonyl (C=O) groups is 1. The van der Waals surface area contributed by atoms with Crippen molar-refractivity contribution in [1.82, 2.24) is 4.90 Å². The maximum atomic E-state index is 11.9.